The highest BCUT2D eigenvalue weighted by atomic mass is 35.5. The van der Waals surface area contributed by atoms with E-state index in [9.17, 15) is 30.7 Å². The first-order chi connectivity index (χ1) is 8.82. The van der Waals surface area contributed by atoms with E-state index < -0.39 is 23.6 Å². The molecule has 0 aromatic heterocycles. The minimum Gasteiger partial charge on any atom is -0.218 e. The summed E-state index contributed by atoms with van der Waals surface area (Å²) >= 11 is 10.0. The largest absolute Gasteiger partial charge is 0.435 e. The van der Waals surface area contributed by atoms with Gasteiger partial charge in [-0.3, -0.25) is 0 Å². The number of alkyl halides is 7. The Kier molecular flexibility index (Phi) is 4.41. The van der Waals surface area contributed by atoms with Crippen LogP contribution in [0.4, 0.5) is 30.7 Å². The summed E-state index contributed by atoms with van der Waals surface area (Å²) in [6, 6.07) is 1.63. The van der Waals surface area contributed by atoms with Crippen molar-refractivity contribution in [1.82, 2.24) is 0 Å². The van der Waals surface area contributed by atoms with Gasteiger partial charge in [-0.2, -0.15) is 26.3 Å². The van der Waals surface area contributed by atoms with E-state index in [4.69, 9.17) is 11.6 Å². The molecule has 0 aliphatic carbocycles. The number of thiocarbonyl (C=S) groups is 1. The zero-order valence-corrected chi connectivity index (χ0v) is 11.2. The van der Waals surface area contributed by atoms with Crippen LogP contribution in [-0.2, 0) is 5.67 Å². The summed E-state index contributed by atoms with van der Waals surface area (Å²) in [5, 5.41) is 0. The van der Waals surface area contributed by atoms with Crippen LogP contribution in [0.15, 0.2) is 18.2 Å². The van der Waals surface area contributed by atoms with E-state index in [0.717, 1.165) is 6.07 Å². The fourth-order valence-corrected chi connectivity index (χ4v) is 2.03. The van der Waals surface area contributed by atoms with Crippen LogP contribution in [0.2, 0.25) is 0 Å². The van der Waals surface area contributed by atoms with Crippen molar-refractivity contribution >= 4 is 28.1 Å². The molecule has 0 aliphatic heterocycles. The molecule has 20 heavy (non-hydrogen) atoms. The quantitative estimate of drug-likeness (QED) is 0.406. The van der Waals surface area contributed by atoms with Crippen LogP contribution >= 0.6 is 23.8 Å². The lowest BCUT2D eigenvalue weighted by atomic mass is 9.91. The highest BCUT2D eigenvalue weighted by Gasteiger charge is 2.73. The van der Waals surface area contributed by atoms with Crippen LogP contribution in [0, 0.1) is 6.92 Å². The van der Waals surface area contributed by atoms with Crippen molar-refractivity contribution in [2.24, 2.45) is 0 Å². The second-order valence-electron chi connectivity index (χ2n) is 3.96. The molecule has 0 atom stereocenters. The fourth-order valence-electron chi connectivity index (χ4n) is 1.59. The molecular formula is C11H6ClF7S. The number of hydrogen-bond acceptors (Lipinski definition) is 1. The van der Waals surface area contributed by atoms with Gasteiger partial charge in [-0.15, -0.1) is 0 Å². The van der Waals surface area contributed by atoms with Crippen molar-refractivity contribution in [3.8, 4) is 0 Å². The van der Waals surface area contributed by atoms with Crippen molar-refractivity contribution in [3.05, 3.63) is 34.9 Å². The molecule has 112 valence electrons. The van der Waals surface area contributed by atoms with E-state index in [1.165, 1.54) is 6.92 Å². The molecule has 0 nitrogen and oxygen atoms in total. The Morgan fingerprint density at radius 2 is 1.45 bits per heavy atom. The van der Waals surface area contributed by atoms with Gasteiger partial charge in [0.15, 0.2) is 0 Å². The third kappa shape index (κ3) is 2.76. The molecule has 9 heteroatoms. The van der Waals surface area contributed by atoms with Gasteiger partial charge in [0.1, 0.15) is 4.32 Å². The first-order valence-corrected chi connectivity index (χ1v) is 5.74. The third-order valence-electron chi connectivity index (χ3n) is 2.62. The first kappa shape index (κ1) is 17.2. The van der Waals surface area contributed by atoms with Crippen molar-refractivity contribution in [2.75, 3.05) is 0 Å². The lowest BCUT2D eigenvalue weighted by Crippen LogP contribution is -2.50. The molecule has 0 unspecified atom stereocenters. The van der Waals surface area contributed by atoms with Gasteiger partial charge in [0.25, 0.3) is 0 Å². The van der Waals surface area contributed by atoms with Gasteiger partial charge >= 0.3 is 18.0 Å². The topological polar surface area (TPSA) is 0 Å². The Morgan fingerprint density at radius 1 is 1.00 bits per heavy atom. The number of rotatable bonds is 2. The molecule has 0 fully saturated rings. The third-order valence-corrected chi connectivity index (χ3v) is 3.04. The molecule has 0 bridgehead atoms. The number of halogens is 8. The molecule has 0 spiro atoms. The Bertz CT molecular complexity index is 519. The maximum absolute atomic E-state index is 13.7. The highest BCUT2D eigenvalue weighted by molar-refractivity contribution is 7.83. The van der Waals surface area contributed by atoms with Crippen LogP contribution in [-0.4, -0.2) is 16.7 Å². The van der Waals surface area contributed by atoms with Crippen LogP contribution in [0.5, 0.6) is 0 Å². The van der Waals surface area contributed by atoms with Gasteiger partial charge in [0.05, 0.1) is 0 Å². The van der Waals surface area contributed by atoms with Crippen molar-refractivity contribution < 1.29 is 30.7 Å². The van der Waals surface area contributed by atoms with E-state index in [-0.39, 0.29) is 15.5 Å². The molecule has 0 amide bonds. The second kappa shape index (κ2) is 5.14. The number of benzene rings is 1. The van der Waals surface area contributed by atoms with E-state index in [1.807, 2.05) is 0 Å². The van der Waals surface area contributed by atoms with Crippen LogP contribution in [0.1, 0.15) is 16.7 Å². The molecule has 1 aromatic rings. The molecular weight excluding hydrogens is 333 g/mol. The number of hydrogen-bond donors (Lipinski definition) is 0. The molecule has 0 saturated heterocycles. The van der Waals surface area contributed by atoms with Gasteiger partial charge in [-0.05, 0) is 12.5 Å². The standard InChI is InChI=1S/C11H6ClF7S/c1-5-4-6(2-3-7(5)8(12)20)9(13,10(14,15)16)11(17,18)19/h2-4H,1H3. The summed E-state index contributed by atoms with van der Waals surface area (Å²) in [6.45, 7) is 1.18. The predicted molar refractivity (Wildman–Crippen MR) is 63.6 cm³/mol. The molecule has 0 aliphatic rings. The highest BCUT2D eigenvalue weighted by Crippen LogP contribution is 2.53. The van der Waals surface area contributed by atoms with Crippen molar-refractivity contribution in [2.45, 2.75) is 24.9 Å². The summed E-state index contributed by atoms with van der Waals surface area (Å²) in [5.74, 6) is 0. The first-order valence-electron chi connectivity index (χ1n) is 4.95. The van der Waals surface area contributed by atoms with E-state index in [1.54, 1.807) is 0 Å². The second-order valence-corrected chi connectivity index (χ2v) is 4.97. The SMILES string of the molecule is Cc1cc(C(F)(C(F)(F)F)C(F)(F)F)ccc1C(=S)Cl. The minimum absolute atomic E-state index is 0.0668. The molecule has 0 N–H and O–H groups in total. The Hall–Kier alpha value is -0.890. The minimum atomic E-state index is -6.14. The summed E-state index contributed by atoms with van der Waals surface area (Å²) in [4.78, 5) is 0. The Balaban J connectivity index is 3.54. The summed E-state index contributed by atoms with van der Waals surface area (Å²) in [7, 11) is 0. The molecule has 1 rings (SSSR count). The van der Waals surface area contributed by atoms with Crippen LogP contribution in [0.25, 0.3) is 0 Å². The number of aryl methyl sites for hydroxylation is 1. The van der Waals surface area contributed by atoms with Crippen molar-refractivity contribution in [1.29, 1.82) is 0 Å². The monoisotopic (exact) mass is 338 g/mol. The maximum atomic E-state index is 13.7. The van der Waals surface area contributed by atoms with Crippen LogP contribution in [0.3, 0.4) is 0 Å². The Morgan fingerprint density at radius 3 is 1.75 bits per heavy atom. The lowest BCUT2D eigenvalue weighted by Gasteiger charge is -2.30. The van der Waals surface area contributed by atoms with Crippen molar-refractivity contribution in [3.63, 3.8) is 0 Å². The van der Waals surface area contributed by atoms with Gasteiger partial charge in [0.2, 0.25) is 0 Å². The van der Waals surface area contributed by atoms with E-state index in [0.29, 0.717) is 12.1 Å². The molecule has 0 radical (unpaired) electrons. The normalized spacial score (nSPS) is 13.4. The summed E-state index contributed by atoms with van der Waals surface area (Å²) < 4.78 is 88.7. The van der Waals surface area contributed by atoms with Gasteiger partial charge in [-0.1, -0.05) is 42.0 Å². The van der Waals surface area contributed by atoms with Gasteiger partial charge in [0, 0.05) is 11.1 Å². The zero-order chi connectivity index (χ0) is 15.9. The fraction of sp³-hybridized carbons (Fsp3) is 0.364. The van der Waals surface area contributed by atoms with E-state index in [2.05, 4.69) is 12.2 Å². The van der Waals surface area contributed by atoms with Gasteiger partial charge in [-0.25, -0.2) is 4.39 Å². The maximum Gasteiger partial charge on any atom is 0.435 e. The van der Waals surface area contributed by atoms with Crippen LogP contribution < -0.4 is 0 Å². The molecule has 0 heterocycles. The Labute approximate surface area is 119 Å². The molecule has 0 saturated carbocycles. The zero-order valence-electron chi connectivity index (χ0n) is 9.66. The smallest absolute Gasteiger partial charge is 0.218 e. The predicted octanol–water partition coefficient (Wildman–Crippen LogP) is 5.20. The summed E-state index contributed by atoms with van der Waals surface area (Å²) in [6.07, 6.45) is -12.3. The lowest BCUT2D eigenvalue weighted by molar-refractivity contribution is -0.348. The summed E-state index contributed by atoms with van der Waals surface area (Å²) in [5.41, 5.74) is -7.03. The molecule has 1 aromatic carbocycles. The van der Waals surface area contributed by atoms with Gasteiger partial charge < -0.3 is 0 Å². The van der Waals surface area contributed by atoms with E-state index >= 15 is 0 Å². The average Bonchev–Trinajstić information content (AvgIpc) is 2.24. The average molecular weight is 339 g/mol.